The number of benzene rings is 1. The highest BCUT2D eigenvalue weighted by Gasteiger charge is 2.13. The lowest BCUT2D eigenvalue weighted by Crippen LogP contribution is -2.25. The van der Waals surface area contributed by atoms with E-state index in [2.05, 4.69) is 4.72 Å². The minimum Gasteiger partial charge on any atom is -0.399 e. The van der Waals surface area contributed by atoms with Crippen LogP contribution in [0.5, 0.6) is 0 Å². The molecule has 0 saturated carbocycles. The molecule has 7 heteroatoms. The molecule has 0 saturated heterocycles. The van der Waals surface area contributed by atoms with E-state index < -0.39 is 20.8 Å². The minimum absolute atomic E-state index is 0.201. The lowest BCUT2D eigenvalue weighted by molar-refractivity contribution is 0.580. The van der Waals surface area contributed by atoms with Crippen molar-refractivity contribution in [2.24, 2.45) is 0 Å². The lowest BCUT2D eigenvalue weighted by Gasteiger charge is -2.08. The summed E-state index contributed by atoms with van der Waals surface area (Å²) in [5.74, 6) is 0.489. The van der Waals surface area contributed by atoms with Crippen molar-refractivity contribution in [2.75, 3.05) is 24.3 Å². The van der Waals surface area contributed by atoms with Crippen molar-refractivity contribution in [3.05, 3.63) is 23.8 Å². The number of sulfonamides is 1. The molecule has 1 aromatic carbocycles. The predicted molar refractivity (Wildman–Crippen MR) is 74.3 cm³/mol. The van der Waals surface area contributed by atoms with E-state index in [1.165, 1.54) is 12.1 Å². The van der Waals surface area contributed by atoms with Crippen molar-refractivity contribution in [1.82, 2.24) is 4.72 Å². The molecule has 0 bridgehead atoms. The SMILES string of the molecule is Cc1cc(S(=O)(=O)NCCCS(C)=O)ccc1N. The summed E-state index contributed by atoms with van der Waals surface area (Å²) in [6.45, 7) is 2.04. The van der Waals surface area contributed by atoms with Gasteiger partial charge in [-0.3, -0.25) is 4.21 Å². The Balaban J connectivity index is 2.68. The van der Waals surface area contributed by atoms with Gasteiger partial charge in [-0.25, -0.2) is 13.1 Å². The van der Waals surface area contributed by atoms with Crippen molar-refractivity contribution < 1.29 is 12.6 Å². The molecule has 1 aromatic rings. The maximum Gasteiger partial charge on any atom is 0.240 e. The number of nitrogen functional groups attached to an aromatic ring is 1. The summed E-state index contributed by atoms with van der Waals surface area (Å²) >= 11 is 0. The Labute approximate surface area is 110 Å². The zero-order chi connectivity index (χ0) is 13.8. The summed E-state index contributed by atoms with van der Waals surface area (Å²) in [4.78, 5) is 0.201. The second-order valence-corrected chi connectivity index (χ2v) is 7.37. The molecule has 0 spiro atoms. The molecule has 1 rings (SSSR count). The topological polar surface area (TPSA) is 89.3 Å². The summed E-state index contributed by atoms with van der Waals surface area (Å²) in [5.41, 5.74) is 6.93. The van der Waals surface area contributed by atoms with Gasteiger partial charge in [0.2, 0.25) is 10.0 Å². The molecule has 1 atom stereocenters. The van der Waals surface area contributed by atoms with Gasteiger partial charge in [0, 0.05) is 35.0 Å². The zero-order valence-electron chi connectivity index (χ0n) is 10.5. The monoisotopic (exact) mass is 290 g/mol. The fourth-order valence-corrected chi connectivity index (χ4v) is 3.09. The Morgan fingerprint density at radius 1 is 1.39 bits per heavy atom. The average Bonchev–Trinajstić information content (AvgIpc) is 2.28. The first kappa shape index (κ1) is 15.1. The fourth-order valence-electron chi connectivity index (χ4n) is 1.38. The van der Waals surface area contributed by atoms with Crippen LogP contribution in [0.25, 0.3) is 0 Å². The van der Waals surface area contributed by atoms with Gasteiger partial charge in [0.25, 0.3) is 0 Å². The number of nitrogens with one attached hydrogen (secondary N) is 1. The molecule has 3 N–H and O–H groups in total. The van der Waals surface area contributed by atoms with Crippen molar-refractivity contribution in [1.29, 1.82) is 0 Å². The number of aryl methyl sites for hydroxylation is 1. The third kappa shape index (κ3) is 4.40. The van der Waals surface area contributed by atoms with E-state index >= 15 is 0 Å². The van der Waals surface area contributed by atoms with Crippen LogP contribution >= 0.6 is 0 Å². The average molecular weight is 290 g/mol. The molecule has 0 aliphatic rings. The normalized spacial score (nSPS) is 13.4. The number of nitrogens with two attached hydrogens (primary N) is 1. The van der Waals surface area contributed by atoms with Gasteiger partial charge in [-0.05, 0) is 37.1 Å². The molecular weight excluding hydrogens is 272 g/mol. The van der Waals surface area contributed by atoms with Gasteiger partial charge >= 0.3 is 0 Å². The smallest absolute Gasteiger partial charge is 0.240 e. The molecule has 0 aliphatic heterocycles. The Morgan fingerprint density at radius 3 is 2.61 bits per heavy atom. The van der Waals surface area contributed by atoms with Crippen LogP contribution in [0.1, 0.15) is 12.0 Å². The largest absolute Gasteiger partial charge is 0.399 e. The molecule has 0 heterocycles. The molecule has 0 aromatic heterocycles. The maximum absolute atomic E-state index is 11.9. The van der Waals surface area contributed by atoms with Crippen molar-refractivity contribution >= 4 is 26.5 Å². The van der Waals surface area contributed by atoms with E-state index in [4.69, 9.17) is 5.73 Å². The summed E-state index contributed by atoms with van der Waals surface area (Å²) in [6.07, 6.45) is 2.15. The first-order valence-corrected chi connectivity index (χ1v) is 8.70. The fraction of sp³-hybridized carbons (Fsp3) is 0.455. The summed E-state index contributed by atoms with van der Waals surface area (Å²) in [7, 11) is -4.40. The van der Waals surface area contributed by atoms with Crippen molar-refractivity contribution in [2.45, 2.75) is 18.2 Å². The molecule has 18 heavy (non-hydrogen) atoms. The molecule has 102 valence electrons. The Hall–Kier alpha value is -0.920. The molecular formula is C11H18N2O3S2. The number of anilines is 1. The second kappa shape index (κ2) is 6.31. The first-order chi connectivity index (χ1) is 8.33. The molecule has 0 fully saturated rings. The van der Waals surface area contributed by atoms with Crippen LogP contribution in [0.2, 0.25) is 0 Å². The highest BCUT2D eigenvalue weighted by molar-refractivity contribution is 7.89. The molecule has 0 aliphatic carbocycles. The standard InChI is InChI=1S/C11H18N2O3S2/c1-9-8-10(4-5-11(9)12)18(15,16)13-6-3-7-17(2)14/h4-5,8,13H,3,6-7,12H2,1-2H3. The van der Waals surface area contributed by atoms with Crippen LogP contribution in [-0.2, 0) is 20.8 Å². The van der Waals surface area contributed by atoms with Crippen LogP contribution in [-0.4, -0.2) is 31.2 Å². The number of hydrogen-bond acceptors (Lipinski definition) is 4. The van der Waals surface area contributed by atoms with E-state index in [0.717, 1.165) is 5.56 Å². The highest BCUT2D eigenvalue weighted by atomic mass is 32.2. The van der Waals surface area contributed by atoms with E-state index in [1.807, 2.05) is 0 Å². The van der Waals surface area contributed by atoms with Gasteiger partial charge < -0.3 is 5.73 Å². The molecule has 0 radical (unpaired) electrons. The van der Waals surface area contributed by atoms with Crippen molar-refractivity contribution in [3.63, 3.8) is 0 Å². The molecule has 0 amide bonds. The molecule has 1 unspecified atom stereocenters. The van der Waals surface area contributed by atoms with Crippen LogP contribution in [0.4, 0.5) is 5.69 Å². The third-order valence-corrected chi connectivity index (χ3v) is 4.77. The van der Waals surface area contributed by atoms with Crippen molar-refractivity contribution in [3.8, 4) is 0 Å². The van der Waals surface area contributed by atoms with Gasteiger partial charge in [0.1, 0.15) is 0 Å². The van der Waals surface area contributed by atoms with Gasteiger partial charge in [-0.2, -0.15) is 0 Å². The molecule has 5 nitrogen and oxygen atoms in total. The predicted octanol–water partition coefficient (Wildman–Crippen LogP) is 0.624. The van der Waals surface area contributed by atoms with Crippen LogP contribution < -0.4 is 10.5 Å². The Bertz CT molecular complexity index is 541. The Morgan fingerprint density at radius 2 is 2.06 bits per heavy atom. The maximum atomic E-state index is 11.9. The van der Waals surface area contributed by atoms with Gasteiger partial charge in [-0.1, -0.05) is 0 Å². The van der Waals surface area contributed by atoms with E-state index in [9.17, 15) is 12.6 Å². The second-order valence-electron chi connectivity index (χ2n) is 4.05. The van der Waals surface area contributed by atoms with E-state index in [0.29, 0.717) is 17.9 Å². The minimum atomic E-state index is -3.50. The van der Waals surface area contributed by atoms with Crippen LogP contribution in [0.15, 0.2) is 23.1 Å². The number of rotatable bonds is 6. The highest BCUT2D eigenvalue weighted by Crippen LogP contribution is 2.16. The Kier molecular flexibility index (Phi) is 5.30. The first-order valence-electron chi connectivity index (χ1n) is 5.49. The van der Waals surface area contributed by atoms with E-state index in [1.54, 1.807) is 19.2 Å². The third-order valence-electron chi connectivity index (χ3n) is 2.45. The zero-order valence-corrected chi connectivity index (χ0v) is 12.1. The van der Waals surface area contributed by atoms with E-state index in [-0.39, 0.29) is 11.4 Å². The lowest BCUT2D eigenvalue weighted by atomic mass is 10.2. The number of hydrogen-bond donors (Lipinski definition) is 2. The van der Waals surface area contributed by atoms with Crippen LogP contribution in [0, 0.1) is 6.92 Å². The summed E-state index contributed by atoms with van der Waals surface area (Å²) in [6, 6.07) is 4.59. The van der Waals surface area contributed by atoms with Gasteiger partial charge in [-0.15, -0.1) is 0 Å². The van der Waals surface area contributed by atoms with Gasteiger partial charge in [0.15, 0.2) is 0 Å². The van der Waals surface area contributed by atoms with Gasteiger partial charge in [0.05, 0.1) is 4.90 Å². The quantitative estimate of drug-likeness (QED) is 0.594. The summed E-state index contributed by atoms with van der Waals surface area (Å²) < 4.78 is 37.1. The van der Waals surface area contributed by atoms with Crippen LogP contribution in [0.3, 0.4) is 0 Å². The summed E-state index contributed by atoms with van der Waals surface area (Å²) in [5, 5.41) is 0.